The van der Waals surface area contributed by atoms with E-state index in [4.69, 9.17) is 21.1 Å². The molecule has 3 aromatic carbocycles. The topological polar surface area (TPSA) is 67.9 Å². The lowest BCUT2D eigenvalue weighted by molar-refractivity contribution is -0.120. The van der Waals surface area contributed by atoms with Crippen molar-refractivity contribution in [2.24, 2.45) is 0 Å². The standard InChI is InChI=1S/C25H20ClFN2O4/c1-14-4-7-16(26)10-21(14)29-24(30)22(15-5-8-17(27)9-6-15)23(25(29)31)28-18-11-19(32-2)13-20(12-18)33-3/h4-13,28H,1-3H3. The summed E-state index contributed by atoms with van der Waals surface area (Å²) in [6.45, 7) is 1.78. The quantitative estimate of drug-likeness (QED) is 0.506. The highest BCUT2D eigenvalue weighted by molar-refractivity contribution is 6.46. The third kappa shape index (κ3) is 4.27. The maximum atomic E-state index is 13.6. The number of amides is 2. The highest BCUT2D eigenvalue weighted by Crippen LogP contribution is 2.37. The third-order valence-corrected chi connectivity index (χ3v) is 5.48. The molecule has 0 fully saturated rings. The van der Waals surface area contributed by atoms with Gasteiger partial charge in [-0.05, 0) is 42.3 Å². The first-order chi connectivity index (χ1) is 15.8. The van der Waals surface area contributed by atoms with Crippen LogP contribution in [0.4, 0.5) is 15.8 Å². The van der Waals surface area contributed by atoms with Crippen LogP contribution in [0.25, 0.3) is 5.57 Å². The first kappa shape index (κ1) is 22.4. The van der Waals surface area contributed by atoms with Crippen LogP contribution in [0.3, 0.4) is 0 Å². The largest absolute Gasteiger partial charge is 0.497 e. The predicted octanol–water partition coefficient (Wildman–Crippen LogP) is 5.20. The number of hydrogen-bond donors (Lipinski definition) is 1. The van der Waals surface area contributed by atoms with Crippen LogP contribution in [0.5, 0.6) is 11.5 Å². The average Bonchev–Trinajstić information content (AvgIpc) is 3.05. The van der Waals surface area contributed by atoms with Crippen molar-refractivity contribution in [3.8, 4) is 11.5 Å². The van der Waals surface area contributed by atoms with E-state index < -0.39 is 17.6 Å². The van der Waals surface area contributed by atoms with Crippen molar-refractivity contribution in [3.05, 3.63) is 88.3 Å². The van der Waals surface area contributed by atoms with Gasteiger partial charge in [-0.3, -0.25) is 9.59 Å². The van der Waals surface area contributed by atoms with Crippen LogP contribution in [-0.4, -0.2) is 26.0 Å². The number of anilines is 2. The molecule has 1 N–H and O–H groups in total. The number of carbonyl (C=O) groups excluding carboxylic acids is 2. The number of hydrogen-bond acceptors (Lipinski definition) is 5. The van der Waals surface area contributed by atoms with Crippen molar-refractivity contribution in [2.75, 3.05) is 24.4 Å². The number of nitrogens with zero attached hydrogens (tertiary/aromatic N) is 1. The molecular weight excluding hydrogens is 447 g/mol. The summed E-state index contributed by atoms with van der Waals surface area (Å²) < 4.78 is 24.2. The highest BCUT2D eigenvalue weighted by Gasteiger charge is 2.41. The van der Waals surface area contributed by atoms with Gasteiger partial charge in [0.05, 0.1) is 25.5 Å². The second-order valence-electron chi connectivity index (χ2n) is 7.36. The van der Waals surface area contributed by atoms with Gasteiger partial charge in [0.25, 0.3) is 11.8 Å². The fourth-order valence-corrected chi connectivity index (χ4v) is 3.76. The van der Waals surface area contributed by atoms with Crippen LogP contribution in [0.1, 0.15) is 11.1 Å². The Morgan fingerprint density at radius 2 is 1.52 bits per heavy atom. The molecule has 0 saturated carbocycles. The Kier molecular flexibility index (Phi) is 6.07. The number of nitrogens with one attached hydrogen (secondary N) is 1. The van der Waals surface area contributed by atoms with Crippen molar-refractivity contribution in [3.63, 3.8) is 0 Å². The van der Waals surface area contributed by atoms with E-state index >= 15 is 0 Å². The van der Waals surface area contributed by atoms with Crippen molar-refractivity contribution in [1.29, 1.82) is 0 Å². The molecule has 6 nitrogen and oxygen atoms in total. The molecule has 0 radical (unpaired) electrons. The summed E-state index contributed by atoms with van der Waals surface area (Å²) in [6, 6.07) is 15.4. The summed E-state index contributed by atoms with van der Waals surface area (Å²) in [7, 11) is 3.02. The van der Waals surface area contributed by atoms with Gasteiger partial charge >= 0.3 is 0 Å². The Hall–Kier alpha value is -3.84. The number of benzene rings is 3. The maximum absolute atomic E-state index is 13.6. The van der Waals surface area contributed by atoms with Crippen molar-refractivity contribution < 1.29 is 23.5 Å². The molecule has 0 spiro atoms. The van der Waals surface area contributed by atoms with E-state index in [0.717, 1.165) is 4.90 Å². The van der Waals surface area contributed by atoms with Gasteiger partial charge in [-0.15, -0.1) is 0 Å². The van der Waals surface area contributed by atoms with E-state index in [2.05, 4.69) is 5.32 Å². The van der Waals surface area contributed by atoms with Crippen LogP contribution >= 0.6 is 11.6 Å². The zero-order valence-corrected chi connectivity index (χ0v) is 18.9. The predicted molar refractivity (Wildman–Crippen MR) is 125 cm³/mol. The number of rotatable bonds is 6. The SMILES string of the molecule is COc1cc(NC2=C(c3ccc(F)cc3)C(=O)N(c3cc(Cl)ccc3C)C2=O)cc(OC)c1. The van der Waals surface area contributed by atoms with Crippen molar-refractivity contribution in [2.45, 2.75) is 6.92 Å². The number of aryl methyl sites for hydroxylation is 1. The first-order valence-electron chi connectivity index (χ1n) is 9.97. The molecule has 0 aromatic heterocycles. The van der Waals surface area contributed by atoms with Crippen LogP contribution in [-0.2, 0) is 9.59 Å². The normalized spacial score (nSPS) is 13.5. The van der Waals surface area contributed by atoms with Crippen LogP contribution in [0, 0.1) is 12.7 Å². The first-order valence-corrected chi connectivity index (χ1v) is 10.4. The molecule has 1 aliphatic heterocycles. The van der Waals surface area contributed by atoms with Gasteiger partial charge in [0, 0.05) is 28.9 Å². The zero-order chi connectivity index (χ0) is 23.7. The lowest BCUT2D eigenvalue weighted by atomic mass is 10.0. The van der Waals surface area contributed by atoms with E-state index in [0.29, 0.717) is 39.0 Å². The van der Waals surface area contributed by atoms with E-state index in [1.165, 1.54) is 38.5 Å². The summed E-state index contributed by atoms with van der Waals surface area (Å²) in [4.78, 5) is 28.2. The van der Waals surface area contributed by atoms with Crippen LogP contribution in [0.15, 0.2) is 66.4 Å². The van der Waals surface area contributed by atoms with E-state index in [-0.39, 0.29) is 11.3 Å². The molecule has 33 heavy (non-hydrogen) atoms. The fourth-order valence-electron chi connectivity index (χ4n) is 3.60. The molecule has 0 bridgehead atoms. The highest BCUT2D eigenvalue weighted by atomic mass is 35.5. The van der Waals surface area contributed by atoms with E-state index in [9.17, 15) is 14.0 Å². The molecule has 2 amide bonds. The summed E-state index contributed by atoms with van der Waals surface area (Å²) in [5.74, 6) is -0.563. The van der Waals surface area contributed by atoms with Crippen LogP contribution in [0.2, 0.25) is 5.02 Å². The Balaban J connectivity index is 1.86. The number of carbonyl (C=O) groups is 2. The Labute approximate surface area is 195 Å². The second kappa shape index (κ2) is 8.96. The second-order valence-corrected chi connectivity index (χ2v) is 7.80. The smallest absolute Gasteiger partial charge is 0.282 e. The minimum Gasteiger partial charge on any atom is -0.497 e. The zero-order valence-electron chi connectivity index (χ0n) is 18.1. The third-order valence-electron chi connectivity index (χ3n) is 5.25. The minimum atomic E-state index is -0.563. The molecule has 8 heteroatoms. The molecule has 0 atom stereocenters. The molecule has 168 valence electrons. The summed E-state index contributed by atoms with van der Waals surface area (Å²) in [5.41, 5.74) is 2.10. The number of imide groups is 1. The molecule has 0 unspecified atom stereocenters. The molecule has 1 heterocycles. The average molecular weight is 467 g/mol. The number of methoxy groups -OCH3 is 2. The van der Waals surface area contributed by atoms with Gasteiger partial charge in [-0.25, -0.2) is 9.29 Å². The Morgan fingerprint density at radius 1 is 0.879 bits per heavy atom. The van der Waals surface area contributed by atoms with Crippen LogP contribution < -0.4 is 19.7 Å². The van der Waals surface area contributed by atoms with Gasteiger partial charge in [0.2, 0.25) is 0 Å². The van der Waals surface area contributed by atoms with Crippen molar-refractivity contribution in [1.82, 2.24) is 0 Å². The monoisotopic (exact) mass is 466 g/mol. The Bertz CT molecular complexity index is 1270. The molecule has 3 aromatic rings. The maximum Gasteiger partial charge on any atom is 0.282 e. The lowest BCUT2D eigenvalue weighted by Gasteiger charge is -2.18. The van der Waals surface area contributed by atoms with Gasteiger partial charge < -0.3 is 14.8 Å². The molecule has 1 aliphatic rings. The van der Waals surface area contributed by atoms with Crippen molar-refractivity contribution >= 4 is 40.4 Å². The summed E-state index contributed by atoms with van der Waals surface area (Å²) >= 11 is 6.15. The molecular formula is C25H20ClFN2O4. The van der Waals surface area contributed by atoms with E-state index in [1.54, 1.807) is 43.3 Å². The summed E-state index contributed by atoms with van der Waals surface area (Å²) in [6.07, 6.45) is 0. The molecule has 4 rings (SSSR count). The van der Waals surface area contributed by atoms with Gasteiger partial charge in [-0.1, -0.05) is 29.8 Å². The summed E-state index contributed by atoms with van der Waals surface area (Å²) in [5, 5.41) is 3.44. The van der Waals surface area contributed by atoms with Gasteiger partial charge in [-0.2, -0.15) is 0 Å². The number of halogens is 2. The fraction of sp³-hybridized carbons (Fsp3) is 0.120. The minimum absolute atomic E-state index is 0.0429. The lowest BCUT2D eigenvalue weighted by Crippen LogP contribution is -2.33. The molecule has 0 saturated heterocycles. The van der Waals surface area contributed by atoms with Gasteiger partial charge in [0.15, 0.2) is 0 Å². The molecule has 0 aliphatic carbocycles. The van der Waals surface area contributed by atoms with E-state index in [1.807, 2.05) is 0 Å². The van der Waals surface area contributed by atoms with Gasteiger partial charge in [0.1, 0.15) is 23.0 Å². The Morgan fingerprint density at radius 3 is 2.12 bits per heavy atom. The number of ether oxygens (including phenoxy) is 2.